The van der Waals surface area contributed by atoms with Crippen LogP contribution in [0.4, 0.5) is 0 Å². The second-order valence-electron chi connectivity index (χ2n) is 5.20. The molecule has 2 aliphatic rings. The summed E-state index contributed by atoms with van der Waals surface area (Å²) in [7, 11) is 0. The van der Waals surface area contributed by atoms with Crippen LogP contribution in [0.25, 0.3) is 0 Å². The summed E-state index contributed by atoms with van der Waals surface area (Å²) in [6.45, 7) is 8.91. The summed E-state index contributed by atoms with van der Waals surface area (Å²) >= 11 is 0. The minimum absolute atomic E-state index is 0.769. The Bertz CT molecular complexity index is 184. The fourth-order valence-corrected chi connectivity index (χ4v) is 2.73. The first-order valence-electron chi connectivity index (χ1n) is 6.92. The highest BCUT2D eigenvalue weighted by Gasteiger charge is 2.20. The van der Waals surface area contributed by atoms with E-state index in [1.165, 1.54) is 38.8 Å². The molecule has 2 fully saturated rings. The molecule has 16 heavy (non-hydrogen) atoms. The third-order valence-electron chi connectivity index (χ3n) is 4.09. The summed E-state index contributed by atoms with van der Waals surface area (Å²) in [6.07, 6.45) is 5.46. The van der Waals surface area contributed by atoms with Gasteiger partial charge in [0, 0.05) is 19.1 Å². The number of piperidine rings is 1. The predicted octanol–water partition coefficient (Wildman–Crippen LogP) is 1.49. The molecule has 2 aliphatic heterocycles. The summed E-state index contributed by atoms with van der Waals surface area (Å²) in [5, 5.41) is 3.70. The van der Waals surface area contributed by atoms with Crippen molar-refractivity contribution in [1.82, 2.24) is 10.2 Å². The van der Waals surface area contributed by atoms with Gasteiger partial charge >= 0.3 is 0 Å². The average molecular weight is 226 g/mol. The molecule has 0 radical (unpaired) electrons. The third kappa shape index (κ3) is 3.72. The summed E-state index contributed by atoms with van der Waals surface area (Å²) in [5.41, 5.74) is 0. The maximum atomic E-state index is 5.36. The first-order valence-corrected chi connectivity index (χ1v) is 6.92. The van der Waals surface area contributed by atoms with E-state index in [1.807, 2.05) is 0 Å². The summed E-state index contributed by atoms with van der Waals surface area (Å²) in [6, 6.07) is 0.769. The maximum Gasteiger partial charge on any atom is 0.0594 e. The van der Waals surface area contributed by atoms with E-state index in [0.29, 0.717) is 0 Å². The molecule has 0 aliphatic carbocycles. The Kier molecular flexibility index (Phi) is 5.07. The topological polar surface area (TPSA) is 24.5 Å². The molecule has 2 rings (SSSR count). The molecule has 0 aromatic rings. The van der Waals surface area contributed by atoms with E-state index in [9.17, 15) is 0 Å². The lowest BCUT2D eigenvalue weighted by atomic mass is 9.91. The second kappa shape index (κ2) is 6.58. The van der Waals surface area contributed by atoms with Crippen LogP contribution in [0.15, 0.2) is 0 Å². The van der Waals surface area contributed by atoms with Crippen LogP contribution in [-0.2, 0) is 4.74 Å². The number of rotatable bonds is 4. The molecule has 2 saturated heterocycles. The standard InChI is InChI=1S/C13H26N2O/c1-2-12-3-4-13(14-11-12)5-6-15-7-9-16-10-8-15/h12-14H,2-11H2,1H3/t12-,13-/m1/s1. The van der Waals surface area contributed by atoms with Crippen molar-refractivity contribution in [2.75, 3.05) is 39.4 Å². The molecule has 0 aromatic heterocycles. The van der Waals surface area contributed by atoms with Crippen molar-refractivity contribution in [2.24, 2.45) is 5.92 Å². The lowest BCUT2D eigenvalue weighted by Crippen LogP contribution is -2.43. The van der Waals surface area contributed by atoms with E-state index in [4.69, 9.17) is 4.74 Å². The lowest BCUT2D eigenvalue weighted by molar-refractivity contribution is 0.0355. The molecule has 2 heterocycles. The molecule has 0 spiro atoms. The molecular weight excluding hydrogens is 200 g/mol. The molecular formula is C13H26N2O. The minimum atomic E-state index is 0.769. The Labute approximate surface area is 99.5 Å². The third-order valence-corrected chi connectivity index (χ3v) is 4.09. The van der Waals surface area contributed by atoms with Crippen LogP contribution >= 0.6 is 0 Å². The average Bonchev–Trinajstić information content (AvgIpc) is 2.38. The van der Waals surface area contributed by atoms with E-state index >= 15 is 0 Å². The van der Waals surface area contributed by atoms with Crippen molar-refractivity contribution >= 4 is 0 Å². The number of hydrogen-bond acceptors (Lipinski definition) is 3. The van der Waals surface area contributed by atoms with Gasteiger partial charge in [0.25, 0.3) is 0 Å². The van der Waals surface area contributed by atoms with Gasteiger partial charge in [-0.15, -0.1) is 0 Å². The molecule has 2 atom stereocenters. The SMILES string of the molecule is CC[C@@H]1CC[C@H](CCN2CCOCC2)NC1. The zero-order valence-corrected chi connectivity index (χ0v) is 10.6. The monoisotopic (exact) mass is 226 g/mol. The van der Waals surface area contributed by atoms with Gasteiger partial charge in [-0.3, -0.25) is 4.90 Å². The number of nitrogens with zero attached hydrogens (tertiary/aromatic N) is 1. The van der Waals surface area contributed by atoms with Crippen LogP contribution in [0.1, 0.15) is 32.6 Å². The fourth-order valence-electron chi connectivity index (χ4n) is 2.73. The molecule has 0 amide bonds. The lowest BCUT2D eigenvalue weighted by Gasteiger charge is -2.32. The van der Waals surface area contributed by atoms with E-state index in [2.05, 4.69) is 17.1 Å². The fraction of sp³-hybridized carbons (Fsp3) is 1.00. The minimum Gasteiger partial charge on any atom is -0.379 e. The molecule has 1 N–H and O–H groups in total. The van der Waals surface area contributed by atoms with Gasteiger partial charge in [-0.25, -0.2) is 0 Å². The van der Waals surface area contributed by atoms with Crippen molar-refractivity contribution in [3.8, 4) is 0 Å². The van der Waals surface area contributed by atoms with Gasteiger partial charge in [0.15, 0.2) is 0 Å². The summed E-state index contributed by atoms with van der Waals surface area (Å²) < 4.78 is 5.36. The van der Waals surface area contributed by atoms with E-state index in [0.717, 1.165) is 38.3 Å². The number of ether oxygens (including phenoxy) is 1. The van der Waals surface area contributed by atoms with Gasteiger partial charge < -0.3 is 10.1 Å². The van der Waals surface area contributed by atoms with E-state index < -0.39 is 0 Å². The first kappa shape index (κ1) is 12.3. The number of nitrogens with one attached hydrogen (secondary N) is 1. The Hall–Kier alpha value is -0.120. The zero-order valence-electron chi connectivity index (χ0n) is 10.6. The van der Waals surface area contributed by atoms with Gasteiger partial charge in [0.05, 0.1) is 13.2 Å². The largest absolute Gasteiger partial charge is 0.379 e. The number of morpholine rings is 1. The van der Waals surface area contributed by atoms with Gasteiger partial charge in [-0.1, -0.05) is 13.3 Å². The van der Waals surface area contributed by atoms with Gasteiger partial charge in [0.1, 0.15) is 0 Å². The highest BCUT2D eigenvalue weighted by atomic mass is 16.5. The van der Waals surface area contributed by atoms with Gasteiger partial charge in [0.2, 0.25) is 0 Å². The molecule has 0 saturated carbocycles. The van der Waals surface area contributed by atoms with Gasteiger partial charge in [-0.2, -0.15) is 0 Å². The van der Waals surface area contributed by atoms with Crippen molar-refractivity contribution in [3.63, 3.8) is 0 Å². The first-order chi connectivity index (χ1) is 7.88. The Morgan fingerprint density at radius 2 is 2.06 bits per heavy atom. The Morgan fingerprint density at radius 3 is 2.69 bits per heavy atom. The molecule has 0 bridgehead atoms. The molecule has 3 nitrogen and oxygen atoms in total. The molecule has 0 unspecified atom stereocenters. The van der Waals surface area contributed by atoms with Crippen LogP contribution in [0.3, 0.4) is 0 Å². The highest BCUT2D eigenvalue weighted by Crippen LogP contribution is 2.18. The highest BCUT2D eigenvalue weighted by molar-refractivity contribution is 4.78. The second-order valence-corrected chi connectivity index (χ2v) is 5.20. The zero-order chi connectivity index (χ0) is 11.2. The molecule has 94 valence electrons. The predicted molar refractivity (Wildman–Crippen MR) is 66.7 cm³/mol. The normalized spacial score (nSPS) is 32.8. The van der Waals surface area contributed by atoms with Crippen LogP contribution in [0.5, 0.6) is 0 Å². The quantitative estimate of drug-likeness (QED) is 0.786. The van der Waals surface area contributed by atoms with Crippen LogP contribution < -0.4 is 5.32 Å². The van der Waals surface area contributed by atoms with Crippen LogP contribution in [0.2, 0.25) is 0 Å². The maximum absolute atomic E-state index is 5.36. The van der Waals surface area contributed by atoms with Crippen molar-refractivity contribution < 1.29 is 4.74 Å². The summed E-state index contributed by atoms with van der Waals surface area (Å²) in [5.74, 6) is 0.930. The van der Waals surface area contributed by atoms with E-state index in [1.54, 1.807) is 0 Å². The van der Waals surface area contributed by atoms with Crippen LogP contribution in [-0.4, -0.2) is 50.3 Å². The molecule has 0 aromatic carbocycles. The Morgan fingerprint density at radius 1 is 1.25 bits per heavy atom. The summed E-state index contributed by atoms with van der Waals surface area (Å²) in [4.78, 5) is 2.54. The van der Waals surface area contributed by atoms with E-state index in [-0.39, 0.29) is 0 Å². The molecule has 3 heteroatoms. The van der Waals surface area contributed by atoms with Crippen molar-refractivity contribution in [3.05, 3.63) is 0 Å². The van der Waals surface area contributed by atoms with Crippen molar-refractivity contribution in [2.45, 2.75) is 38.6 Å². The van der Waals surface area contributed by atoms with Crippen LogP contribution in [0, 0.1) is 5.92 Å². The number of hydrogen-bond donors (Lipinski definition) is 1. The Balaban J connectivity index is 1.59. The smallest absolute Gasteiger partial charge is 0.0594 e. The van der Waals surface area contributed by atoms with Gasteiger partial charge in [-0.05, 0) is 38.3 Å². The van der Waals surface area contributed by atoms with Crippen molar-refractivity contribution in [1.29, 1.82) is 0 Å².